The fourth-order valence-electron chi connectivity index (χ4n) is 5.99. The van der Waals surface area contributed by atoms with Crippen molar-refractivity contribution in [1.82, 2.24) is 0 Å². The molecule has 0 saturated heterocycles. The van der Waals surface area contributed by atoms with Gasteiger partial charge >= 0.3 is 198 Å². The summed E-state index contributed by atoms with van der Waals surface area (Å²) in [6, 6.07) is 0. The Morgan fingerprint density at radius 3 is 1.67 bits per heavy atom. The van der Waals surface area contributed by atoms with Crippen molar-refractivity contribution in [1.29, 1.82) is 0 Å². The van der Waals surface area contributed by atoms with E-state index in [1.165, 1.54) is 64.2 Å². The van der Waals surface area contributed by atoms with E-state index in [2.05, 4.69) is 68.5 Å². The SMILES string of the molecule is CCCC[C@]1([Sn]([CH2]CCC)([CH2]CCC)[CH2]CCC)C[C@H]1[C@@H](C)O[Si](C)(C)C(C)(C)C. The van der Waals surface area contributed by atoms with Gasteiger partial charge in [0.1, 0.15) is 0 Å². The predicted octanol–water partition coefficient (Wildman–Crippen LogP) is 10.2. The molecule has 1 aliphatic rings. The second-order valence-electron chi connectivity index (χ2n) is 12.2. The Morgan fingerprint density at radius 1 is 0.867 bits per heavy atom. The molecule has 0 aromatic heterocycles. The van der Waals surface area contributed by atoms with Gasteiger partial charge < -0.3 is 0 Å². The van der Waals surface area contributed by atoms with E-state index < -0.39 is 26.7 Å². The van der Waals surface area contributed by atoms with Gasteiger partial charge in [-0.15, -0.1) is 0 Å². The number of unbranched alkanes of at least 4 members (excludes halogenated alkanes) is 4. The van der Waals surface area contributed by atoms with Crippen molar-refractivity contribution in [2.45, 2.75) is 161 Å². The van der Waals surface area contributed by atoms with Gasteiger partial charge in [-0.25, -0.2) is 0 Å². The van der Waals surface area contributed by atoms with Crippen molar-refractivity contribution in [3.8, 4) is 0 Å². The van der Waals surface area contributed by atoms with Gasteiger partial charge in [0.15, 0.2) is 0 Å². The molecule has 1 rings (SSSR count). The molecule has 0 unspecified atom stereocenters. The molecule has 0 bridgehead atoms. The monoisotopic (exact) mass is 546 g/mol. The first-order valence-corrected chi connectivity index (χ1v) is 24.0. The molecule has 1 saturated carbocycles. The van der Waals surface area contributed by atoms with Crippen molar-refractivity contribution in [2.24, 2.45) is 5.92 Å². The molecule has 1 fully saturated rings. The molecule has 180 valence electrons. The quantitative estimate of drug-likeness (QED) is 0.175. The first-order valence-electron chi connectivity index (χ1n) is 13.6. The third-order valence-electron chi connectivity index (χ3n) is 9.05. The fraction of sp³-hybridized carbons (Fsp3) is 1.00. The van der Waals surface area contributed by atoms with Crippen LogP contribution in [0.25, 0.3) is 0 Å². The molecule has 0 amide bonds. The molecular formula is C27H58OSiSn. The number of hydrogen-bond acceptors (Lipinski definition) is 1. The second kappa shape index (κ2) is 12.4. The summed E-state index contributed by atoms with van der Waals surface area (Å²) < 4.78 is 12.8. The summed E-state index contributed by atoms with van der Waals surface area (Å²) in [7, 11) is -1.70. The molecule has 0 aromatic carbocycles. The maximum atomic E-state index is 7.04. The van der Waals surface area contributed by atoms with Crippen molar-refractivity contribution in [3.63, 3.8) is 0 Å². The van der Waals surface area contributed by atoms with Crippen molar-refractivity contribution >= 4 is 26.7 Å². The third kappa shape index (κ3) is 6.99. The molecular weight excluding hydrogens is 487 g/mol. The van der Waals surface area contributed by atoms with Crippen LogP contribution in [-0.4, -0.2) is 32.8 Å². The predicted molar refractivity (Wildman–Crippen MR) is 143 cm³/mol. The Balaban J connectivity index is 3.23. The van der Waals surface area contributed by atoms with E-state index in [4.69, 9.17) is 4.43 Å². The molecule has 0 spiro atoms. The normalized spacial score (nSPS) is 23.6. The topological polar surface area (TPSA) is 9.23 Å². The van der Waals surface area contributed by atoms with Crippen LogP contribution in [0.3, 0.4) is 0 Å². The van der Waals surface area contributed by atoms with Crippen LogP contribution in [0.1, 0.15) is 120 Å². The third-order valence-corrected chi connectivity index (χ3v) is 33.2. The van der Waals surface area contributed by atoms with Crippen LogP contribution in [0.5, 0.6) is 0 Å². The Hall–Kier alpha value is 0.976. The summed E-state index contributed by atoms with van der Waals surface area (Å²) in [5.74, 6) is 0.875. The van der Waals surface area contributed by atoms with E-state index in [-0.39, 0.29) is 0 Å². The Morgan fingerprint density at radius 2 is 1.30 bits per heavy atom. The van der Waals surface area contributed by atoms with Crippen LogP contribution in [0.4, 0.5) is 0 Å². The standard InChI is InChI=1S/C15H31OSi.3C4H9.Sn/c1-8-9-10-13-11-14(13)12(2)16-17(6,7)15(3,4)5;3*1-3-4-2;/h12,14H,8-11H2,1-7H3;3*1,3-4H2,2H3;/t12-,14+;;;;/m1..../s1. The molecule has 1 aliphatic carbocycles. The van der Waals surface area contributed by atoms with Gasteiger partial charge in [0.05, 0.1) is 0 Å². The molecule has 1 nitrogen and oxygen atoms in total. The summed E-state index contributed by atoms with van der Waals surface area (Å²) in [5, 5.41) is 0.315. The minimum absolute atomic E-state index is 0.315. The van der Waals surface area contributed by atoms with E-state index in [1.807, 2.05) is 0 Å². The van der Waals surface area contributed by atoms with Gasteiger partial charge in [-0.2, -0.15) is 0 Å². The average molecular weight is 546 g/mol. The van der Waals surface area contributed by atoms with Crippen molar-refractivity contribution in [2.75, 3.05) is 0 Å². The second-order valence-corrected chi connectivity index (χ2v) is 31.4. The zero-order valence-electron chi connectivity index (χ0n) is 22.8. The van der Waals surface area contributed by atoms with Gasteiger partial charge in [-0.3, -0.25) is 0 Å². The molecule has 3 heteroatoms. The maximum absolute atomic E-state index is 7.04. The van der Waals surface area contributed by atoms with E-state index in [0.717, 1.165) is 9.35 Å². The Labute approximate surface area is 196 Å². The fourth-order valence-corrected chi connectivity index (χ4v) is 29.5. The summed E-state index contributed by atoms with van der Waals surface area (Å²) in [6.07, 6.45) is 15.0. The molecule has 0 heterocycles. The first kappa shape index (κ1) is 29.0. The van der Waals surface area contributed by atoms with Crippen molar-refractivity contribution in [3.05, 3.63) is 0 Å². The van der Waals surface area contributed by atoms with Crippen LogP contribution in [-0.2, 0) is 4.43 Å². The van der Waals surface area contributed by atoms with Gasteiger partial charge in [-0.1, -0.05) is 0 Å². The molecule has 3 atom stereocenters. The molecule has 0 radical (unpaired) electrons. The zero-order valence-corrected chi connectivity index (χ0v) is 26.6. The van der Waals surface area contributed by atoms with E-state index in [0.29, 0.717) is 11.1 Å². The molecule has 0 aliphatic heterocycles. The summed E-state index contributed by atoms with van der Waals surface area (Å²) in [6.45, 7) is 24.2. The average Bonchev–Trinajstić information content (AvgIpc) is 3.41. The zero-order chi connectivity index (χ0) is 23.1. The molecule has 30 heavy (non-hydrogen) atoms. The van der Waals surface area contributed by atoms with Crippen LogP contribution in [0.15, 0.2) is 0 Å². The summed E-state index contributed by atoms with van der Waals surface area (Å²) in [4.78, 5) is 0. The van der Waals surface area contributed by atoms with Gasteiger partial charge in [0.25, 0.3) is 0 Å². The van der Waals surface area contributed by atoms with Gasteiger partial charge in [0, 0.05) is 0 Å². The first-order chi connectivity index (χ1) is 14.0. The number of hydrogen-bond donors (Lipinski definition) is 0. The number of rotatable bonds is 16. The summed E-state index contributed by atoms with van der Waals surface area (Å²) >= 11 is -2.29. The molecule has 0 aromatic rings. The van der Waals surface area contributed by atoms with Crippen LogP contribution >= 0.6 is 0 Å². The van der Waals surface area contributed by atoms with Crippen LogP contribution in [0.2, 0.25) is 34.9 Å². The summed E-state index contributed by atoms with van der Waals surface area (Å²) in [5.41, 5.74) is 0. The van der Waals surface area contributed by atoms with Gasteiger partial charge in [0.2, 0.25) is 0 Å². The van der Waals surface area contributed by atoms with Gasteiger partial charge in [-0.05, 0) is 0 Å². The van der Waals surface area contributed by atoms with Crippen LogP contribution < -0.4 is 0 Å². The van der Waals surface area contributed by atoms with E-state index in [9.17, 15) is 0 Å². The van der Waals surface area contributed by atoms with Crippen molar-refractivity contribution < 1.29 is 4.43 Å². The van der Waals surface area contributed by atoms with Crippen LogP contribution in [0, 0.1) is 5.92 Å². The molecule has 0 N–H and O–H groups in total. The Kier molecular flexibility index (Phi) is 12.0. The van der Waals surface area contributed by atoms with E-state index >= 15 is 0 Å². The Bertz CT molecular complexity index is 462. The minimum atomic E-state index is -2.29. The van der Waals surface area contributed by atoms with E-state index in [1.54, 1.807) is 13.3 Å².